The molecule has 0 amide bonds. The molecule has 1 rings (SSSR count). The monoisotopic (exact) mass is 355 g/mol. The Morgan fingerprint density at radius 2 is 1.96 bits per heavy atom. The van der Waals surface area contributed by atoms with Crippen molar-refractivity contribution < 1.29 is 14.3 Å². The van der Waals surface area contributed by atoms with Crippen LogP contribution in [-0.4, -0.2) is 45.3 Å². The summed E-state index contributed by atoms with van der Waals surface area (Å²) in [4.78, 5) is 15.2. The average molecular weight is 356 g/mol. The molecule has 0 aromatic heterocycles. The van der Waals surface area contributed by atoms with Gasteiger partial charge in [0.15, 0.2) is 5.96 Å². The molecule has 6 nitrogen and oxygen atoms in total. The van der Waals surface area contributed by atoms with Gasteiger partial charge in [-0.2, -0.15) is 0 Å². The Kier molecular flexibility index (Phi) is 9.68. The number of carbonyl (C=O) groups is 1. The summed E-state index contributed by atoms with van der Waals surface area (Å²) >= 11 is 5.85. The molecule has 0 heterocycles. The largest absolute Gasteiger partial charge is 0.489 e. The first-order chi connectivity index (χ1) is 11.5. The van der Waals surface area contributed by atoms with Crippen molar-refractivity contribution in [1.29, 1.82) is 0 Å². The Morgan fingerprint density at radius 3 is 2.58 bits per heavy atom. The third kappa shape index (κ3) is 8.62. The first-order valence-corrected chi connectivity index (χ1v) is 8.36. The minimum absolute atomic E-state index is 0.0240. The van der Waals surface area contributed by atoms with Crippen LogP contribution in [0.25, 0.3) is 0 Å². The van der Waals surface area contributed by atoms with Crippen molar-refractivity contribution in [3.8, 4) is 5.75 Å². The van der Waals surface area contributed by atoms with Gasteiger partial charge >= 0.3 is 5.97 Å². The van der Waals surface area contributed by atoms with Crippen LogP contribution in [0.2, 0.25) is 5.02 Å². The Labute approximate surface area is 148 Å². The number of halogens is 1. The van der Waals surface area contributed by atoms with Crippen molar-refractivity contribution in [1.82, 2.24) is 10.6 Å². The van der Waals surface area contributed by atoms with Gasteiger partial charge in [-0.25, -0.2) is 0 Å². The second kappa shape index (κ2) is 11.6. The van der Waals surface area contributed by atoms with E-state index in [1.54, 1.807) is 19.2 Å². The fourth-order valence-corrected chi connectivity index (χ4v) is 2.08. The summed E-state index contributed by atoms with van der Waals surface area (Å²) in [5.74, 6) is 1.31. The molecule has 0 radical (unpaired) electrons. The zero-order chi connectivity index (χ0) is 17.8. The summed E-state index contributed by atoms with van der Waals surface area (Å²) in [5, 5.41) is 7.09. The van der Waals surface area contributed by atoms with E-state index in [9.17, 15) is 4.79 Å². The number of rotatable bonds is 9. The molecule has 0 aliphatic rings. The van der Waals surface area contributed by atoms with Gasteiger partial charge in [0, 0.05) is 25.0 Å². The van der Waals surface area contributed by atoms with Crippen molar-refractivity contribution in [2.75, 3.05) is 27.2 Å². The molecular formula is C17H26ClN3O3. The summed E-state index contributed by atoms with van der Waals surface area (Å²) in [6.07, 6.45) is 2.07. The number of methoxy groups -OCH3 is 1. The summed E-state index contributed by atoms with van der Waals surface area (Å²) in [6.45, 7) is 3.33. The fraction of sp³-hybridized carbons (Fsp3) is 0.529. The molecule has 0 aliphatic heterocycles. The van der Waals surface area contributed by atoms with E-state index in [4.69, 9.17) is 16.3 Å². The van der Waals surface area contributed by atoms with Crippen LogP contribution in [-0.2, 0) is 9.53 Å². The third-order valence-corrected chi connectivity index (χ3v) is 3.51. The first-order valence-electron chi connectivity index (χ1n) is 7.98. The number of ether oxygens (including phenoxy) is 2. The lowest BCUT2D eigenvalue weighted by molar-refractivity contribution is -0.140. The van der Waals surface area contributed by atoms with Gasteiger partial charge in [-0.1, -0.05) is 11.6 Å². The van der Waals surface area contributed by atoms with Gasteiger partial charge < -0.3 is 20.1 Å². The Hall–Kier alpha value is -1.95. The van der Waals surface area contributed by atoms with E-state index >= 15 is 0 Å². The Bertz CT molecular complexity index is 520. The van der Waals surface area contributed by atoms with E-state index in [0.29, 0.717) is 23.9 Å². The van der Waals surface area contributed by atoms with E-state index in [2.05, 4.69) is 20.4 Å². The van der Waals surface area contributed by atoms with Crippen LogP contribution in [0, 0.1) is 0 Å². The van der Waals surface area contributed by atoms with Crippen LogP contribution in [0.3, 0.4) is 0 Å². The maximum atomic E-state index is 11.0. The predicted octanol–water partition coefficient (Wildman–Crippen LogP) is 2.62. The molecule has 0 aliphatic carbocycles. The van der Waals surface area contributed by atoms with E-state index in [-0.39, 0.29) is 12.1 Å². The number of unbranched alkanes of at least 4 members (excludes halogenated alkanes) is 1. The van der Waals surface area contributed by atoms with Gasteiger partial charge in [0.25, 0.3) is 0 Å². The van der Waals surface area contributed by atoms with Crippen molar-refractivity contribution in [2.45, 2.75) is 32.3 Å². The number of hydrogen-bond donors (Lipinski definition) is 2. The summed E-state index contributed by atoms with van der Waals surface area (Å²) in [6, 6.07) is 7.28. The van der Waals surface area contributed by atoms with Crippen molar-refractivity contribution in [3.63, 3.8) is 0 Å². The maximum absolute atomic E-state index is 11.0. The number of aliphatic imine (C=N–C) groups is 1. The molecule has 0 bridgehead atoms. The van der Waals surface area contributed by atoms with Gasteiger partial charge in [-0.15, -0.1) is 0 Å². The molecule has 0 spiro atoms. The number of nitrogens with one attached hydrogen (secondary N) is 2. The molecule has 0 saturated carbocycles. The second-order valence-corrected chi connectivity index (χ2v) is 5.73. The van der Waals surface area contributed by atoms with E-state index in [0.717, 1.165) is 25.1 Å². The summed E-state index contributed by atoms with van der Waals surface area (Å²) in [7, 11) is 3.12. The molecular weight excluding hydrogens is 330 g/mol. The van der Waals surface area contributed by atoms with Crippen molar-refractivity contribution in [2.24, 2.45) is 4.99 Å². The number of hydrogen-bond acceptors (Lipinski definition) is 4. The highest BCUT2D eigenvalue weighted by Gasteiger charge is 2.06. The molecule has 7 heteroatoms. The molecule has 24 heavy (non-hydrogen) atoms. The molecule has 0 saturated heterocycles. The normalized spacial score (nSPS) is 12.4. The molecule has 1 atom stereocenters. The first kappa shape index (κ1) is 20.1. The minimum atomic E-state index is -0.175. The second-order valence-electron chi connectivity index (χ2n) is 5.30. The van der Waals surface area contributed by atoms with Crippen molar-refractivity contribution in [3.05, 3.63) is 29.3 Å². The molecule has 0 fully saturated rings. The van der Waals surface area contributed by atoms with Gasteiger partial charge in [0.05, 0.1) is 13.7 Å². The number of guanidine groups is 1. The molecule has 134 valence electrons. The predicted molar refractivity (Wildman–Crippen MR) is 96.8 cm³/mol. The van der Waals surface area contributed by atoms with Gasteiger partial charge in [-0.3, -0.25) is 9.79 Å². The van der Waals surface area contributed by atoms with E-state index in [1.807, 2.05) is 19.1 Å². The van der Waals surface area contributed by atoms with Crippen molar-refractivity contribution >= 4 is 23.5 Å². The smallest absolute Gasteiger partial charge is 0.305 e. The Balaban J connectivity index is 2.20. The number of benzene rings is 1. The molecule has 1 aromatic rings. The van der Waals surface area contributed by atoms with Crippen LogP contribution >= 0.6 is 11.6 Å². The summed E-state index contributed by atoms with van der Waals surface area (Å²) < 4.78 is 10.4. The lowest BCUT2D eigenvalue weighted by Gasteiger charge is -2.17. The third-order valence-electron chi connectivity index (χ3n) is 3.26. The zero-order valence-electron chi connectivity index (χ0n) is 14.5. The quantitative estimate of drug-likeness (QED) is 0.308. The number of nitrogens with zero attached hydrogens (tertiary/aromatic N) is 1. The van der Waals surface area contributed by atoms with Gasteiger partial charge in [-0.05, 0) is 44.0 Å². The summed E-state index contributed by atoms with van der Waals surface area (Å²) in [5.41, 5.74) is 0. The Morgan fingerprint density at radius 1 is 1.25 bits per heavy atom. The highest BCUT2D eigenvalue weighted by molar-refractivity contribution is 6.30. The van der Waals surface area contributed by atoms with E-state index < -0.39 is 0 Å². The van der Waals surface area contributed by atoms with Crippen LogP contribution in [0.15, 0.2) is 29.3 Å². The lowest BCUT2D eigenvalue weighted by atomic mass is 10.2. The molecule has 2 N–H and O–H groups in total. The minimum Gasteiger partial charge on any atom is -0.489 e. The van der Waals surface area contributed by atoms with Crippen LogP contribution in [0.5, 0.6) is 5.75 Å². The number of carbonyl (C=O) groups excluding carboxylic acids is 1. The van der Waals surface area contributed by atoms with Gasteiger partial charge in [0.2, 0.25) is 0 Å². The lowest BCUT2D eigenvalue weighted by Crippen LogP contribution is -2.42. The number of esters is 1. The molecule has 1 unspecified atom stereocenters. The fourth-order valence-electron chi connectivity index (χ4n) is 1.95. The zero-order valence-corrected chi connectivity index (χ0v) is 15.2. The van der Waals surface area contributed by atoms with Gasteiger partial charge in [0.1, 0.15) is 11.9 Å². The highest BCUT2D eigenvalue weighted by atomic mass is 35.5. The molecule has 1 aromatic carbocycles. The maximum Gasteiger partial charge on any atom is 0.305 e. The topological polar surface area (TPSA) is 72.0 Å². The highest BCUT2D eigenvalue weighted by Crippen LogP contribution is 2.16. The van der Waals surface area contributed by atoms with E-state index in [1.165, 1.54) is 7.11 Å². The standard InChI is InChI=1S/C17H26ClN3O3/c1-13(24-15-9-7-14(18)8-10-15)12-21-17(19-2)20-11-5-4-6-16(22)23-3/h7-10,13H,4-6,11-12H2,1-3H3,(H2,19,20,21). The SMILES string of the molecule is CN=C(NCCCCC(=O)OC)NCC(C)Oc1ccc(Cl)cc1. The van der Waals surface area contributed by atoms with Crippen LogP contribution in [0.4, 0.5) is 0 Å². The average Bonchev–Trinajstić information content (AvgIpc) is 2.59. The van der Waals surface area contributed by atoms with Crippen LogP contribution in [0.1, 0.15) is 26.2 Å². The van der Waals surface area contributed by atoms with Crippen LogP contribution < -0.4 is 15.4 Å².